The van der Waals surface area contributed by atoms with E-state index in [-0.39, 0.29) is 11.7 Å². The summed E-state index contributed by atoms with van der Waals surface area (Å²) < 4.78 is 27.2. The Kier molecular flexibility index (Phi) is 6.08. The van der Waals surface area contributed by atoms with E-state index < -0.39 is 10.0 Å². The summed E-state index contributed by atoms with van der Waals surface area (Å²) in [5, 5.41) is 4.88. The lowest BCUT2D eigenvalue weighted by Crippen LogP contribution is -2.44. The largest absolute Gasteiger partial charge is 0.353 e. The number of hydrogen-bond donors (Lipinski definition) is 1. The van der Waals surface area contributed by atoms with Crippen LogP contribution in [-0.4, -0.2) is 57.4 Å². The highest BCUT2D eigenvalue weighted by molar-refractivity contribution is 7.92. The zero-order chi connectivity index (χ0) is 21.1. The van der Waals surface area contributed by atoms with E-state index in [4.69, 9.17) is 11.6 Å². The van der Waals surface area contributed by atoms with Gasteiger partial charge < -0.3 is 10.2 Å². The summed E-state index contributed by atoms with van der Waals surface area (Å²) in [6.07, 6.45) is 0.391. The molecule has 1 aliphatic heterocycles. The van der Waals surface area contributed by atoms with Gasteiger partial charge in [-0.1, -0.05) is 35.9 Å². The molecule has 0 spiro atoms. The van der Waals surface area contributed by atoms with Crippen molar-refractivity contribution in [2.75, 3.05) is 48.2 Å². The first-order valence-corrected chi connectivity index (χ1v) is 11.9. The quantitative estimate of drug-likeness (QED) is 0.628. The molecule has 1 fully saturated rings. The lowest BCUT2D eigenvalue weighted by atomic mass is 10.2. The van der Waals surface area contributed by atoms with Crippen molar-refractivity contribution in [3.05, 3.63) is 59.1 Å². The van der Waals surface area contributed by atoms with Crippen LogP contribution in [0.5, 0.6) is 0 Å². The molecule has 158 valence electrons. The predicted molar refractivity (Wildman–Crippen MR) is 122 cm³/mol. The molecule has 0 bridgehead atoms. The molecule has 0 atom stereocenters. The van der Waals surface area contributed by atoms with E-state index in [0.717, 1.165) is 48.5 Å². The van der Waals surface area contributed by atoms with E-state index in [1.165, 1.54) is 11.4 Å². The van der Waals surface area contributed by atoms with E-state index in [1.54, 1.807) is 12.1 Å². The van der Waals surface area contributed by atoms with Crippen molar-refractivity contribution in [1.29, 1.82) is 0 Å². The molecule has 2 heterocycles. The Morgan fingerprint density at radius 1 is 1.07 bits per heavy atom. The maximum absolute atomic E-state index is 13.0. The van der Waals surface area contributed by atoms with Gasteiger partial charge in [-0.3, -0.25) is 0 Å². The number of hydrogen-bond acceptors (Lipinski definition) is 6. The predicted octanol–water partition coefficient (Wildman–Crippen LogP) is 2.70. The number of piperazine rings is 1. The second-order valence-electron chi connectivity index (χ2n) is 7.26. The van der Waals surface area contributed by atoms with Crippen molar-refractivity contribution in [2.45, 2.75) is 6.42 Å². The molecule has 3 aromatic rings. The number of para-hydroxylation sites is 1. The Morgan fingerprint density at radius 3 is 2.50 bits per heavy atom. The molecule has 30 heavy (non-hydrogen) atoms. The van der Waals surface area contributed by atoms with Gasteiger partial charge in [0.2, 0.25) is 16.0 Å². The normalized spacial score (nSPS) is 14.8. The standard InChI is InChI=1S/C21H24ClN5O2S/c1-26(30(28,29)15-10-16-6-8-17(22)9-7-16)21-24-19-5-3-2-4-18(19)20(25-21)27-13-11-23-12-14-27/h2-9,23H,10-15H2,1H3. The Balaban J connectivity index is 1.63. The molecule has 7 nitrogen and oxygen atoms in total. The van der Waals surface area contributed by atoms with Crippen LogP contribution in [0.3, 0.4) is 0 Å². The van der Waals surface area contributed by atoms with E-state index in [2.05, 4.69) is 20.2 Å². The van der Waals surface area contributed by atoms with Crippen molar-refractivity contribution in [1.82, 2.24) is 15.3 Å². The number of aryl methyl sites for hydroxylation is 1. The minimum Gasteiger partial charge on any atom is -0.353 e. The summed E-state index contributed by atoms with van der Waals surface area (Å²) in [7, 11) is -2.08. The number of sulfonamides is 1. The molecule has 1 N–H and O–H groups in total. The maximum Gasteiger partial charge on any atom is 0.241 e. The Bertz CT molecular complexity index is 1130. The molecule has 0 aliphatic carbocycles. The molecule has 2 aromatic carbocycles. The molecule has 1 aromatic heterocycles. The summed E-state index contributed by atoms with van der Waals surface area (Å²) in [6.45, 7) is 3.35. The number of rotatable bonds is 6. The molecule has 0 amide bonds. The fourth-order valence-electron chi connectivity index (χ4n) is 3.47. The number of nitrogens with zero attached hydrogens (tertiary/aromatic N) is 4. The maximum atomic E-state index is 13.0. The van der Waals surface area contributed by atoms with Crippen molar-refractivity contribution < 1.29 is 8.42 Å². The molecule has 0 saturated carbocycles. The van der Waals surface area contributed by atoms with E-state index in [0.29, 0.717) is 11.4 Å². The lowest BCUT2D eigenvalue weighted by Gasteiger charge is -2.30. The van der Waals surface area contributed by atoms with Crippen LogP contribution in [0.1, 0.15) is 5.56 Å². The Labute approximate surface area is 181 Å². The number of benzene rings is 2. The second-order valence-corrected chi connectivity index (χ2v) is 9.82. The molecule has 9 heteroatoms. The van der Waals surface area contributed by atoms with Crippen LogP contribution >= 0.6 is 11.6 Å². The van der Waals surface area contributed by atoms with Crippen LogP contribution in [0, 0.1) is 0 Å². The molecule has 1 aliphatic rings. The monoisotopic (exact) mass is 445 g/mol. The topological polar surface area (TPSA) is 78.4 Å². The van der Waals surface area contributed by atoms with Gasteiger partial charge in [-0.05, 0) is 36.2 Å². The number of halogens is 1. The van der Waals surface area contributed by atoms with Gasteiger partial charge in [0.25, 0.3) is 0 Å². The number of nitrogens with one attached hydrogen (secondary N) is 1. The number of anilines is 2. The summed E-state index contributed by atoms with van der Waals surface area (Å²) in [6, 6.07) is 14.9. The molecule has 0 unspecified atom stereocenters. The smallest absolute Gasteiger partial charge is 0.241 e. The van der Waals surface area contributed by atoms with Gasteiger partial charge in [0.05, 0.1) is 11.3 Å². The molecular weight excluding hydrogens is 422 g/mol. The average molecular weight is 446 g/mol. The summed E-state index contributed by atoms with van der Waals surface area (Å²) >= 11 is 5.91. The van der Waals surface area contributed by atoms with Gasteiger partial charge in [-0.25, -0.2) is 17.7 Å². The Hall–Kier alpha value is -2.42. The highest BCUT2D eigenvalue weighted by atomic mass is 35.5. The van der Waals surface area contributed by atoms with Gasteiger partial charge >= 0.3 is 0 Å². The summed E-state index contributed by atoms with van der Waals surface area (Å²) in [4.78, 5) is 11.4. The zero-order valence-electron chi connectivity index (χ0n) is 16.8. The van der Waals surface area contributed by atoms with E-state index in [9.17, 15) is 8.42 Å². The highest BCUT2D eigenvalue weighted by Gasteiger charge is 2.24. The molecule has 0 radical (unpaired) electrons. The number of fused-ring (bicyclic) bond motifs is 1. The van der Waals surface area contributed by atoms with Crippen molar-refractivity contribution in [2.24, 2.45) is 0 Å². The minimum atomic E-state index is -3.59. The first-order valence-electron chi connectivity index (χ1n) is 9.87. The van der Waals surface area contributed by atoms with Crippen molar-refractivity contribution in [3.8, 4) is 0 Å². The third kappa shape index (κ3) is 4.50. The zero-order valence-corrected chi connectivity index (χ0v) is 18.3. The van der Waals surface area contributed by atoms with Crippen LogP contribution in [0.25, 0.3) is 10.9 Å². The first kappa shape index (κ1) is 20.8. The Morgan fingerprint density at radius 2 is 1.77 bits per heavy atom. The van der Waals surface area contributed by atoms with E-state index in [1.807, 2.05) is 36.4 Å². The minimum absolute atomic E-state index is 0.0374. The van der Waals surface area contributed by atoms with Gasteiger partial charge in [0.15, 0.2) is 0 Å². The molecule has 4 rings (SSSR count). The van der Waals surface area contributed by atoms with Crippen molar-refractivity contribution in [3.63, 3.8) is 0 Å². The van der Waals surface area contributed by atoms with Crippen LogP contribution in [-0.2, 0) is 16.4 Å². The van der Waals surface area contributed by atoms with Gasteiger partial charge in [-0.2, -0.15) is 4.98 Å². The van der Waals surface area contributed by atoms with E-state index >= 15 is 0 Å². The first-order chi connectivity index (χ1) is 14.4. The average Bonchev–Trinajstić information content (AvgIpc) is 2.78. The lowest BCUT2D eigenvalue weighted by molar-refractivity contribution is 0.585. The SMILES string of the molecule is CN(c1nc(N2CCNCC2)c2ccccc2n1)S(=O)(=O)CCc1ccc(Cl)cc1. The number of aromatic nitrogens is 2. The van der Waals surface area contributed by atoms with Crippen LogP contribution in [0.4, 0.5) is 11.8 Å². The van der Waals surface area contributed by atoms with Crippen LogP contribution < -0.4 is 14.5 Å². The van der Waals surface area contributed by atoms with Crippen LogP contribution in [0.2, 0.25) is 5.02 Å². The molecular formula is C21H24ClN5O2S. The third-order valence-electron chi connectivity index (χ3n) is 5.25. The molecule has 1 saturated heterocycles. The van der Waals surface area contributed by atoms with Gasteiger partial charge in [-0.15, -0.1) is 0 Å². The van der Waals surface area contributed by atoms with Crippen molar-refractivity contribution >= 4 is 44.3 Å². The van der Waals surface area contributed by atoms with Crippen LogP contribution in [0.15, 0.2) is 48.5 Å². The fourth-order valence-corrected chi connectivity index (χ4v) is 4.69. The summed E-state index contributed by atoms with van der Waals surface area (Å²) in [5.41, 5.74) is 1.65. The van der Waals surface area contributed by atoms with Gasteiger partial charge in [0, 0.05) is 43.6 Å². The third-order valence-corrected chi connectivity index (χ3v) is 7.22. The highest BCUT2D eigenvalue weighted by Crippen LogP contribution is 2.27. The van der Waals surface area contributed by atoms with Gasteiger partial charge in [0.1, 0.15) is 5.82 Å². The fraction of sp³-hybridized carbons (Fsp3) is 0.333. The summed E-state index contributed by atoms with van der Waals surface area (Å²) in [5.74, 6) is 0.930. The second kappa shape index (κ2) is 8.75.